The van der Waals surface area contributed by atoms with Crippen LogP contribution in [0.15, 0.2) is 5.16 Å². The van der Waals surface area contributed by atoms with Crippen LogP contribution in [0, 0.1) is 0 Å². The fourth-order valence-corrected chi connectivity index (χ4v) is 2.70. The minimum atomic E-state index is -3.78. The molecule has 0 radical (unpaired) electrons. The molecule has 1 aromatic heterocycles. The summed E-state index contributed by atoms with van der Waals surface area (Å²) in [6.45, 7) is 0.792. The van der Waals surface area contributed by atoms with Crippen molar-refractivity contribution in [2.24, 2.45) is 0 Å². The maximum absolute atomic E-state index is 10.5. The molecular weight excluding hydrogens is 300 g/mol. The van der Waals surface area contributed by atoms with Crippen LogP contribution in [0.25, 0.3) is 0 Å². The number of aryl methyl sites for hydroxylation is 1. The Bertz CT molecular complexity index is 476. The number of thiol groups is 1. The zero-order chi connectivity index (χ0) is 14.8. The quantitative estimate of drug-likeness (QED) is 0.367. The number of nitrogens with zero attached hydrogens (tertiary/aromatic N) is 4. The molecule has 20 heavy (non-hydrogen) atoms. The Kier molecular flexibility index (Phi) is 8.08. The standard InChI is InChI=1S/C11H22N4O3S2/c16-20(17,18)10-8-6-4-2-1-3-5-7-9-15-11(19)12-13-14-15/h1-10H2,(H,12,14,19)(H,16,17,18). The molecule has 1 heterocycles. The van der Waals surface area contributed by atoms with Crippen molar-refractivity contribution in [2.75, 3.05) is 5.75 Å². The van der Waals surface area contributed by atoms with E-state index in [9.17, 15) is 8.42 Å². The molecule has 1 rings (SSSR count). The number of unbranched alkanes of at least 4 members (excludes halogenated alkanes) is 7. The van der Waals surface area contributed by atoms with Gasteiger partial charge in [-0.1, -0.05) is 38.5 Å². The van der Waals surface area contributed by atoms with Gasteiger partial charge in [-0.2, -0.15) is 8.42 Å². The molecule has 0 saturated carbocycles. The summed E-state index contributed by atoms with van der Waals surface area (Å²) in [6, 6.07) is 0. The summed E-state index contributed by atoms with van der Waals surface area (Å²) in [5, 5.41) is 11.6. The maximum Gasteiger partial charge on any atom is 0.264 e. The molecule has 1 N–H and O–H groups in total. The molecule has 0 saturated heterocycles. The Morgan fingerprint density at radius 2 is 1.55 bits per heavy atom. The molecule has 0 aliphatic heterocycles. The third-order valence-corrected chi connectivity index (χ3v) is 4.16. The Morgan fingerprint density at radius 1 is 1.00 bits per heavy atom. The molecule has 0 amide bonds. The van der Waals surface area contributed by atoms with Crippen molar-refractivity contribution >= 4 is 22.7 Å². The molecule has 0 aliphatic carbocycles. The first-order valence-electron chi connectivity index (χ1n) is 6.89. The first-order valence-corrected chi connectivity index (χ1v) is 8.95. The van der Waals surface area contributed by atoms with Gasteiger partial charge in [0.05, 0.1) is 5.75 Å². The summed E-state index contributed by atoms with van der Waals surface area (Å²) < 4.78 is 31.2. The molecule has 0 aromatic carbocycles. The smallest absolute Gasteiger partial charge is 0.264 e. The zero-order valence-corrected chi connectivity index (χ0v) is 13.2. The van der Waals surface area contributed by atoms with Crippen LogP contribution < -0.4 is 0 Å². The Hall–Kier alpha value is -0.670. The first kappa shape index (κ1) is 17.4. The van der Waals surface area contributed by atoms with Gasteiger partial charge in [0.2, 0.25) is 5.16 Å². The van der Waals surface area contributed by atoms with Crippen LogP contribution in [0.1, 0.15) is 51.4 Å². The second-order valence-corrected chi connectivity index (χ2v) is 6.79. The van der Waals surface area contributed by atoms with E-state index in [1.165, 1.54) is 0 Å². The molecule has 0 atom stereocenters. The van der Waals surface area contributed by atoms with Crippen LogP contribution >= 0.6 is 12.6 Å². The largest absolute Gasteiger partial charge is 0.286 e. The van der Waals surface area contributed by atoms with Crippen LogP contribution in [-0.4, -0.2) is 38.9 Å². The third-order valence-electron chi connectivity index (χ3n) is 3.04. The first-order chi connectivity index (χ1) is 9.49. The lowest BCUT2D eigenvalue weighted by molar-refractivity contribution is 0.476. The van der Waals surface area contributed by atoms with Gasteiger partial charge in [-0.25, -0.2) is 4.68 Å². The summed E-state index contributed by atoms with van der Waals surface area (Å²) in [5.41, 5.74) is 0. The molecule has 0 bridgehead atoms. The summed E-state index contributed by atoms with van der Waals surface area (Å²) >= 11 is 4.13. The van der Waals surface area contributed by atoms with Crippen molar-refractivity contribution in [3.63, 3.8) is 0 Å². The van der Waals surface area contributed by atoms with Gasteiger partial charge in [-0.15, -0.1) is 17.7 Å². The van der Waals surface area contributed by atoms with Gasteiger partial charge >= 0.3 is 0 Å². The van der Waals surface area contributed by atoms with Crippen LogP contribution in [-0.2, 0) is 16.7 Å². The van der Waals surface area contributed by atoms with E-state index in [4.69, 9.17) is 4.55 Å². The van der Waals surface area contributed by atoms with Gasteiger partial charge in [0.25, 0.3) is 10.1 Å². The van der Waals surface area contributed by atoms with Gasteiger partial charge in [-0.3, -0.25) is 4.55 Å². The second kappa shape index (κ2) is 9.30. The summed E-state index contributed by atoms with van der Waals surface area (Å²) in [4.78, 5) is 0. The maximum atomic E-state index is 10.5. The molecule has 0 aliphatic rings. The fraction of sp³-hybridized carbons (Fsp3) is 0.909. The molecular formula is C11H22N4O3S2. The monoisotopic (exact) mass is 322 g/mol. The highest BCUT2D eigenvalue weighted by atomic mass is 32.2. The van der Waals surface area contributed by atoms with Crippen molar-refractivity contribution in [2.45, 2.75) is 63.1 Å². The zero-order valence-electron chi connectivity index (χ0n) is 11.5. The summed E-state index contributed by atoms with van der Waals surface area (Å²) in [5.74, 6) is -0.120. The predicted octanol–water partition coefficient (Wildman–Crippen LogP) is 1.97. The van der Waals surface area contributed by atoms with E-state index >= 15 is 0 Å². The number of tetrazole rings is 1. The van der Waals surface area contributed by atoms with Crippen molar-refractivity contribution < 1.29 is 13.0 Å². The lowest BCUT2D eigenvalue weighted by Gasteiger charge is -2.03. The highest BCUT2D eigenvalue weighted by molar-refractivity contribution is 7.85. The molecule has 9 heteroatoms. The van der Waals surface area contributed by atoms with Crippen molar-refractivity contribution in [1.29, 1.82) is 0 Å². The van der Waals surface area contributed by atoms with Crippen LogP contribution in [0.4, 0.5) is 0 Å². The minimum absolute atomic E-state index is 0.120. The van der Waals surface area contributed by atoms with Gasteiger partial charge in [0.1, 0.15) is 0 Å². The van der Waals surface area contributed by atoms with E-state index in [1.807, 2.05) is 0 Å². The number of hydrogen-bond donors (Lipinski definition) is 2. The molecule has 0 unspecified atom stereocenters. The Balaban J connectivity index is 1.87. The lowest BCUT2D eigenvalue weighted by atomic mass is 10.1. The Labute approximate surface area is 125 Å². The lowest BCUT2D eigenvalue weighted by Crippen LogP contribution is -2.03. The summed E-state index contributed by atoms with van der Waals surface area (Å²) in [7, 11) is -3.78. The SMILES string of the molecule is O=S(=O)(O)CCCCCCCCCCn1nnnc1S. The summed E-state index contributed by atoms with van der Waals surface area (Å²) in [6.07, 6.45) is 7.98. The van der Waals surface area contributed by atoms with Gasteiger partial charge in [0, 0.05) is 6.54 Å². The number of hydrogen-bond acceptors (Lipinski definition) is 6. The van der Waals surface area contributed by atoms with E-state index in [0.29, 0.717) is 11.6 Å². The average Bonchev–Trinajstić information content (AvgIpc) is 2.76. The van der Waals surface area contributed by atoms with E-state index in [2.05, 4.69) is 28.2 Å². The van der Waals surface area contributed by atoms with Crippen LogP contribution in [0.3, 0.4) is 0 Å². The van der Waals surface area contributed by atoms with E-state index in [-0.39, 0.29) is 5.75 Å². The van der Waals surface area contributed by atoms with E-state index in [1.54, 1.807) is 4.68 Å². The average molecular weight is 322 g/mol. The topological polar surface area (TPSA) is 98.0 Å². The van der Waals surface area contributed by atoms with Gasteiger partial charge < -0.3 is 0 Å². The van der Waals surface area contributed by atoms with Gasteiger partial charge in [0.15, 0.2) is 0 Å². The molecule has 0 spiro atoms. The van der Waals surface area contributed by atoms with Crippen molar-refractivity contribution in [3.05, 3.63) is 0 Å². The van der Waals surface area contributed by atoms with Crippen molar-refractivity contribution in [3.8, 4) is 0 Å². The second-order valence-electron chi connectivity index (χ2n) is 4.82. The van der Waals surface area contributed by atoms with E-state index in [0.717, 1.165) is 51.5 Å². The van der Waals surface area contributed by atoms with Crippen LogP contribution in [0.5, 0.6) is 0 Å². The normalized spacial score (nSPS) is 11.9. The highest BCUT2D eigenvalue weighted by Crippen LogP contribution is 2.10. The highest BCUT2D eigenvalue weighted by Gasteiger charge is 2.03. The number of aromatic nitrogens is 4. The molecule has 116 valence electrons. The molecule has 7 nitrogen and oxygen atoms in total. The van der Waals surface area contributed by atoms with Crippen LogP contribution in [0.2, 0.25) is 0 Å². The molecule has 0 fully saturated rings. The number of rotatable bonds is 11. The predicted molar refractivity (Wildman–Crippen MR) is 78.4 cm³/mol. The van der Waals surface area contributed by atoms with Gasteiger partial charge in [-0.05, 0) is 23.3 Å². The fourth-order valence-electron chi connectivity index (χ4n) is 1.95. The van der Waals surface area contributed by atoms with Crippen molar-refractivity contribution in [1.82, 2.24) is 20.2 Å². The third kappa shape index (κ3) is 8.49. The van der Waals surface area contributed by atoms with E-state index < -0.39 is 10.1 Å². The molecule has 1 aromatic rings. The Morgan fingerprint density at radius 3 is 2.05 bits per heavy atom. The minimum Gasteiger partial charge on any atom is -0.286 e.